The van der Waals surface area contributed by atoms with Crippen LogP contribution in [0.4, 0.5) is 14.5 Å². The number of unbranched alkanes of at least 4 members (excludes halogenated alkanes) is 6. The van der Waals surface area contributed by atoms with E-state index in [1.54, 1.807) is 64.2 Å². The van der Waals surface area contributed by atoms with E-state index in [1.807, 2.05) is 6.07 Å². The first kappa shape index (κ1) is 56.8. The Kier molecular flexibility index (Phi) is 18.2. The molecule has 4 atom stereocenters. The Balaban J connectivity index is 0.880. The van der Waals surface area contributed by atoms with Crippen LogP contribution in [0.15, 0.2) is 71.2 Å². The van der Waals surface area contributed by atoms with Crippen LogP contribution in [0.2, 0.25) is 0 Å². The van der Waals surface area contributed by atoms with Gasteiger partial charge in [0.05, 0.1) is 11.0 Å². The predicted octanol–water partition coefficient (Wildman–Crippen LogP) is 7.34. The van der Waals surface area contributed by atoms with E-state index in [0.29, 0.717) is 35.3 Å². The first-order chi connectivity index (χ1) is 35.4. The molecular formula is C53H60BrF2N6O11PS. The summed E-state index contributed by atoms with van der Waals surface area (Å²) in [5.74, 6) is 3.35. The summed E-state index contributed by atoms with van der Waals surface area (Å²) in [6, 6.07) is 13.8. The van der Waals surface area contributed by atoms with Crippen molar-refractivity contribution in [1.29, 1.82) is 0 Å². The van der Waals surface area contributed by atoms with Crippen molar-refractivity contribution in [3.63, 3.8) is 0 Å². The largest absolute Gasteiger partial charge is 0.399 e. The van der Waals surface area contributed by atoms with Crippen molar-refractivity contribution in [2.24, 2.45) is 5.41 Å². The van der Waals surface area contributed by atoms with Gasteiger partial charge in [0.15, 0.2) is 0 Å². The molecular weight excluding hydrogens is 1080 g/mol. The summed E-state index contributed by atoms with van der Waals surface area (Å²) in [5.41, 5.74) is -3.64. The number of likely N-dealkylation sites (tertiary alicyclic amines) is 1. The smallest absolute Gasteiger partial charge is 0.366 e. The van der Waals surface area contributed by atoms with Crippen LogP contribution in [0.25, 0.3) is 10.1 Å². The molecule has 7 amide bonds. The van der Waals surface area contributed by atoms with Crippen LogP contribution >= 0.6 is 34.9 Å². The Morgan fingerprint density at radius 3 is 2.39 bits per heavy atom. The molecule has 1 aromatic heterocycles. The fourth-order valence-electron chi connectivity index (χ4n) is 9.32. The maximum atomic E-state index is 14.7. The van der Waals surface area contributed by atoms with Gasteiger partial charge in [0.2, 0.25) is 29.5 Å². The van der Waals surface area contributed by atoms with E-state index in [2.05, 4.69) is 43.7 Å². The number of fused-ring (bicyclic) bond motifs is 2. The summed E-state index contributed by atoms with van der Waals surface area (Å²) in [7, 11) is -4.26. The summed E-state index contributed by atoms with van der Waals surface area (Å²) in [5, 5.41) is 8.14. The number of rotatable bonds is 19. The topological polar surface area (TPSA) is 232 Å². The molecule has 2 saturated heterocycles. The van der Waals surface area contributed by atoms with Crippen LogP contribution in [0.1, 0.15) is 122 Å². The Morgan fingerprint density at radius 1 is 0.987 bits per heavy atom. The molecule has 4 heterocycles. The van der Waals surface area contributed by atoms with E-state index < -0.39 is 72.1 Å². The van der Waals surface area contributed by atoms with E-state index in [4.69, 9.17) is 4.74 Å². The van der Waals surface area contributed by atoms with Crippen molar-refractivity contribution in [1.82, 2.24) is 25.8 Å². The number of piperidine rings is 1. The third-order valence-corrected chi connectivity index (χ3v) is 16.2. The molecule has 5 N–H and O–H groups in total. The molecule has 4 aromatic rings. The van der Waals surface area contributed by atoms with Crippen LogP contribution in [-0.2, 0) is 45.5 Å². The Morgan fingerprint density at radius 2 is 1.69 bits per heavy atom. The summed E-state index contributed by atoms with van der Waals surface area (Å²) >= 11 is 4.35. The van der Waals surface area contributed by atoms with Gasteiger partial charge in [-0.1, -0.05) is 86.4 Å². The third-order valence-electron chi connectivity index (χ3n) is 13.5. The average Bonchev–Trinajstić information content (AvgIpc) is 4.09. The van der Waals surface area contributed by atoms with Gasteiger partial charge in [-0.25, -0.2) is 0 Å². The summed E-state index contributed by atoms with van der Waals surface area (Å²) in [4.78, 5) is 116. The lowest BCUT2D eigenvalue weighted by Gasteiger charge is -2.36. The molecule has 3 aliphatic heterocycles. The number of anilines is 1. The van der Waals surface area contributed by atoms with Gasteiger partial charge in [-0.3, -0.25) is 43.4 Å². The third kappa shape index (κ3) is 13.6. The minimum Gasteiger partial charge on any atom is -0.366 e. The number of alkyl halides is 2. The van der Waals surface area contributed by atoms with E-state index >= 15 is 0 Å². The van der Waals surface area contributed by atoms with Gasteiger partial charge in [-0.2, -0.15) is 8.78 Å². The highest BCUT2D eigenvalue weighted by Gasteiger charge is 2.51. The molecule has 400 valence electrons. The van der Waals surface area contributed by atoms with E-state index in [0.717, 1.165) is 77.6 Å². The average molecular weight is 1140 g/mol. The fraction of sp³-hybridized carbons (Fsp3) is 0.453. The summed E-state index contributed by atoms with van der Waals surface area (Å²) in [6.45, 7) is 5.53. The number of halogens is 3. The molecule has 3 aromatic carbocycles. The number of hydrogen-bond donors (Lipinski definition) is 5. The number of likely N-dealkylation sites (N-methyl/N-ethyl adjacent to an activating group) is 1. The summed E-state index contributed by atoms with van der Waals surface area (Å²) in [6.07, 6.45) is 5.97. The van der Waals surface area contributed by atoms with Gasteiger partial charge in [0.1, 0.15) is 24.7 Å². The minimum atomic E-state index is -5.84. The van der Waals surface area contributed by atoms with Crippen LogP contribution in [0.5, 0.6) is 0 Å². The number of carbonyl (C=O) groups excluding carboxylic acids is 7. The van der Waals surface area contributed by atoms with Crippen LogP contribution in [0, 0.1) is 17.3 Å². The number of amides is 7. The lowest BCUT2D eigenvalue weighted by atomic mass is 9.85. The lowest BCUT2D eigenvalue weighted by Crippen LogP contribution is -2.57. The highest BCUT2D eigenvalue weighted by Crippen LogP contribution is 2.59. The van der Waals surface area contributed by atoms with E-state index in [1.165, 1.54) is 26.8 Å². The minimum absolute atomic E-state index is 0.0514. The number of nitrogens with zero attached hydrogens (tertiary/aromatic N) is 3. The van der Waals surface area contributed by atoms with Gasteiger partial charge < -0.3 is 39.9 Å². The molecule has 17 nitrogen and oxygen atoms in total. The van der Waals surface area contributed by atoms with Crippen molar-refractivity contribution < 1.29 is 61.4 Å². The molecule has 2 fully saturated rings. The number of ether oxygens (including phenoxy) is 1. The molecule has 0 aliphatic carbocycles. The zero-order valence-electron chi connectivity index (χ0n) is 42.0. The molecule has 0 bridgehead atoms. The highest BCUT2D eigenvalue weighted by molar-refractivity contribution is 9.10. The molecule has 7 rings (SSSR count). The number of benzene rings is 3. The van der Waals surface area contributed by atoms with Crippen LogP contribution in [0.3, 0.4) is 0 Å². The van der Waals surface area contributed by atoms with E-state index in [9.17, 15) is 56.7 Å². The zero-order valence-corrected chi connectivity index (χ0v) is 45.3. The van der Waals surface area contributed by atoms with Gasteiger partial charge in [-0.05, 0) is 90.2 Å². The maximum absolute atomic E-state index is 14.7. The standard InChI is InChI=1S/C53H60BrF2N6O11PS/c1-52(2,3)46(59-48(66)43-27-33-26-34(17-23-42(33)75-43)53(55,56)74(70,71)72)51(69)61-29-37(28-41(61)50(68)60(4)36-20-18-35(54)19-21-36)73-31-45(64)57-25-12-10-8-6-5-7-9-11-14-32-15-13-16-38-39(32)30-62(49(38)67)40-22-24-44(63)58-47(40)65/h13,15-21,23,26-27,37,40-41,46H,5-10,12,22,24-25,28-31H2,1-4H3,(H,57,64)(H,59,66)(H,58,63,65)(H2,70,71,72)/t37-,40?,41+,46-/m1/s1. The molecule has 0 radical (unpaired) electrons. The zero-order chi connectivity index (χ0) is 54.4. The Bertz CT molecular complexity index is 2970. The molecule has 75 heavy (non-hydrogen) atoms. The van der Waals surface area contributed by atoms with Gasteiger partial charge >= 0.3 is 13.3 Å². The normalized spacial score (nSPS) is 18.3. The van der Waals surface area contributed by atoms with Crippen LogP contribution < -0.4 is 20.9 Å². The van der Waals surface area contributed by atoms with Crippen molar-refractivity contribution >= 4 is 92.0 Å². The first-order valence-corrected chi connectivity index (χ1v) is 27.9. The molecule has 1 unspecified atom stereocenters. The molecule has 0 saturated carbocycles. The monoisotopic (exact) mass is 1140 g/mol. The quantitative estimate of drug-likeness (QED) is 0.0270. The lowest BCUT2D eigenvalue weighted by molar-refractivity contribution is -0.141. The van der Waals surface area contributed by atoms with Crippen LogP contribution in [-0.4, -0.2) is 112 Å². The highest BCUT2D eigenvalue weighted by atomic mass is 79.9. The summed E-state index contributed by atoms with van der Waals surface area (Å²) < 4.78 is 47.8. The molecule has 0 spiro atoms. The number of thiophene rings is 1. The van der Waals surface area contributed by atoms with Crippen molar-refractivity contribution in [3.05, 3.63) is 98.3 Å². The number of hydrogen-bond acceptors (Lipinski definition) is 10. The van der Waals surface area contributed by atoms with E-state index in [-0.39, 0.29) is 60.5 Å². The second kappa shape index (κ2) is 24.0. The Labute approximate surface area is 445 Å². The molecule has 3 aliphatic rings. The van der Waals surface area contributed by atoms with Gasteiger partial charge in [-0.15, -0.1) is 11.3 Å². The van der Waals surface area contributed by atoms with Crippen molar-refractivity contribution in [2.45, 2.75) is 121 Å². The SMILES string of the molecule is CN(C(=O)[C@@H]1C[C@@H](OCC(=O)NCCCCCCCCC#Cc2cccc3c2CN(C2CCC(=O)NC2=O)C3=O)CN1C(=O)[C@@H](NC(=O)c1cc2cc(C(F)(F)P(=O)(O)O)ccc2s1)C(C)(C)C)c1ccc(Br)cc1. The predicted molar refractivity (Wildman–Crippen MR) is 281 cm³/mol. The van der Waals surface area contributed by atoms with Crippen molar-refractivity contribution in [2.75, 3.05) is 31.6 Å². The fourth-order valence-corrected chi connectivity index (χ4v) is 11.0. The Hall–Kier alpha value is -5.88. The number of nitrogens with one attached hydrogen (secondary N) is 3. The number of carbonyl (C=O) groups is 7. The van der Waals surface area contributed by atoms with Gasteiger partial charge in [0.25, 0.3) is 11.8 Å². The first-order valence-electron chi connectivity index (χ1n) is 24.7. The van der Waals surface area contributed by atoms with Crippen molar-refractivity contribution in [3.8, 4) is 11.8 Å². The second-order valence-corrected chi connectivity index (χ2v) is 23.7. The number of imide groups is 1. The second-order valence-electron chi connectivity index (χ2n) is 20.0. The molecule has 22 heteroatoms. The van der Waals surface area contributed by atoms with Gasteiger partial charge in [0, 0.05) is 77.5 Å². The maximum Gasteiger partial charge on any atom is 0.399 e.